The Morgan fingerprint density at radius 1 is 0.906 bits per heavy atom. The maximum Gasteiger partial charge on any atom is 0.328 e. The number of rotatable bonds is 16. The Hall–Kier alpha value is -2.38. The first-order chi connectivity index (χ1) is 15.0. The average molecular weight is 479 g/mol. The van der Waals surface area contributed by atoms with Gasteiger partial charge in [-0.1, -0.05) is 20.3 Å². The van der Waals surface area contributed by atoms with Gasteiger partial charge >= 0.3 is 11.9 Å². The van der Waals surface area contributed by atoms with Crippen LogP contribution >= 0.6 is 11.8 Å². The third kappa shape index (κ3) is 10.8. The predicted octanol–water partition coefficient (Wildman–Crippen LogP) is -1.49. The number of nitrogens with one attached hydrogen (secondary N) is 3. The summed E-state index contributed by atoms with van der Waals surface area (Å²) in [6, 6.07) is -4.87. The molecule has 0 rings (SSSR count). The van der Waals surface area contributed by atoms with Crippen LogP contribution in [-0.2, 0) is 24.0 Å². The second-order valence-electron chi connectivity index (χ2n) is 7.33. The minimum atomic E-state index is -1.62. The quantitative estimate of drug-likeness (QED) is 0.137. The molecule has 0 saturated heterocycles. The van der Waals surface area contributed by atoms with E-state index in [4.69, 9.17) is 21.1 Å². The monoisotopic (exact) mass is 478 g/mol. The molecule has 13 heteroatoms. The van der Waals surface area contributed by atoms with Gasteiger partial charge in [0, 0.05) is 6.42 Å². The summed E-state index contributed by atoms with van der Waals surface area (Å²) >= 11 is 1.44. The molecular weight excluding hydrogens is 444 g/mol. The van der Waals surface area contributed by atoms with Gasteiger partial charge in [0.1, 0.15) is 18.1 Å². The van der Waals surface area contributed by atoms with E-state index in [2.05, 4.69) is 16.0 Å². The summed E-state index contributed by atoms with van der Waals surface area (Å²) in [6.45, 7) is 2.78. The van der Waals surface area contributed by atoms with Gasteiger partial charge in [0.25, 0.3) is 0 Å². The lowest BCUT2D eigenvalue weighted by Gasteiger charge is -2.25. The standard InChI is InChI=1S/C19H34N4O8S/c1-4-10(2)15(20)18(29)22-12(7-8-32-3)17(28)21-11(5-6-14(25)26)16(27)23-13(9-24)19(30)31/h10-13,15,24H,4-9,20H2,1-3H3,(H,21,28)(H,22,29)(H,23,27)(H,25,26)(H,30,31). The molecule has 0 aromatic carbocycles. The largest absolute Gasteiger partial charge is 0.481 e. The molecule has 12 nitrogen and oxygen atoms in total. The third-order valence-corrected chi connectivity index (χ3v) is 5.52. The van der Waals surface area contributed by atoms with Crippen LogP contribution in [0.4, 0.5) is 0 Å². The molecule has 0 aliphatic carbocycles. The van der Waals surface area contributed by atoms with Crippen molar-refractivity contribution in [2.24, 2.45) is 11.7 Å². The summed E-state index contributed by atoms with van der Waals surface area (Å²) in [7, 11) is 0. The lowest BCUT2D eigenvalue weighted by atomic mass is 9.99. The number of carbonyl (C=O) groups excluding carboxylic acids is 3. The normalized spacial score (nSPS) is 15.5. The summed E-state index contributed by atoms with van der Waals surface area (Å²) in [5.41, 5.74) is 5.92. The molecule has 0 aliphatic heterocycles. The zero-order chi connectivity index (χ0) is 24.8. The number of thioether (sulfide) groups is 1. The van der Waals surface area contributed by atoms with E-state index in [9.17, 15) is 24.0 Å². The van der Waals surface area contributed by atoms with Gasteiger partial charge in [-0.3, -0.25) is 19.2 Å². The SMILES string of the molecule is CCC(C)C(N)C(=O)NC(CCSC)C(=O)NC(CCC(=O)O)C(=O)NC(CO)C(=O)O. The molecule has 5 atom stereocenters. The minimum absolute atomic E-state index is 0.125. The number of amides is 3. The summed E-state index contributed by atoms with van der Waals surface area (Å²) in [4.78, 5) is 59.7. The van der Waals surface area contributed by atoms with Gasteiger partial charge in [0.05, 0.1) is 12.6 Å². The average Bonchev–Trinajstić information content (AvgIpc) is 2.75. The van der Waals surface area contributed by atoms with Crippen LogP contribution in [0, 0.1) is 5.92 Å². The number of carboxylic acids is 2. The molecule has 0 radical (unpaired) electrons. The highest BCUT2D eigenvalue weighted by Gasteiger charge is 2.31. The lowest BCUT2D eigenvalue weighted by Crippen LogP contribution is -2.58. The Balaban J connectivity index is 5.46. The van der Waals surface area contributed by atoms with E-state index in [1.807, 2.05) is 13.2 Å². The van der Waals surface area contributed by atoms with Crippen molar-refractivity contribution >= 4 is 41.4 Å². The summed E-state index contributed by atoms with van der Waals surface area (Å²) in [5, 5.41) is 34.0. The first kappa shape index (κ1) is 29.6. The molecule has 0 spiro atoms. The van der Waals surface area contributed by atoms with Crippen LogP contribution < -0.4 is 21.7 Å². The molecule has 0 fully saturated rings. The maximum absolute atomic E-state index is 12.8. The number of aliphatic carboxylic acids is 2. The van der Waals surface area contributed by atoms with E-state index in [0.717, 1.165) is 0 Å². The number of hydrogen-bond donors (Lipinski definition) is 7. The Kier molecular flexibility index (Phi) is 14.3. The number of hydrogen-bond acceptors (Lipinski definition) is 8. The highest BCUT2D eigenvalue weighted by Crippen LogP contribution is 2.08. The van der Waals surface area contributed by atoms with Crippen molar-refractivity contribution in [1.29, 1.82) is 0 Å². The fraction of sp³-hybridized carbons (Fsp3) is 0.737. The van der Waals surface area contributed by atoms with Crippen molar-refractivity contribution in [3.05, 3.63) is 0 Å². The molecule has 0 aliphatic rings. The number of carboxylic acid groups (broad SMARTS) is 2. The van der Waals surface area contributed by atoms with Crippen molar-refractivity contribution in [2.75, 3.05) is 18.6 Å². The molecule has 0 aromatic heterocycles. The predicted molar refractivity (Wildman–Crippen MR) is 118 cm³/mol. The molecule has 184 valence electrons. The lowest BCUT2D eigenvalue weighted by molar-refractivity contribution is -0.144. The Morgan fingerprint density at radius 3 is 1.84 bits per heavy atom. The molecule has 0 heterocycles. The highest BCUT2D eigenvalue weighted by atomic mass is 32.2. The first-order valence-electron chi connectivity index (χ1n) is 10.2. The summed E-state index contributed by atoms with van der Waals surface area (Å²) in [5.74, 6) is -4.56. The Labute approximate surface area is 191 Å². The van der Waals surface area contributed by atoms with E-state index in [-0.39, 0.29) is 18.8 Å². The van der Waals surface area contributed by atoms with Crippen LogP contribution in [0.25, 0.3) is 0 Å². The van der Waals surface area contributed by atoms with Gasteiger partial charge in [0.2, 0.25) is 17.7 Å². The summed E-state index contributed by atoms with van der Waals surface area (Å²) < 4.78 is 0. The molecule has 32 heavy (non-hydrogen) atoms. The number of carbonyl (C=O) groups is 5. The van der Waals surface area contributed by atoms with E-state index in [1.165, 1.54) is 11.8 Å². The zero-order valence-corrected chi connectivity index (χ0v) is 19.3. The Bertz CT molecular complexity index is 663. The number of aliphatic hydroxyl groups excluding tert-OH is 1. The second-order valence-corrected chi connectivity index (χ2v) is 8.32. The van der Waals surface area contributed by atoms with Crippen LogP contribution in [0.2, 0.25) is 0 Å². The second kappa shape index (κ2) is 15.4. The number of aliphatic hydroxyl groups is 1. The molecule has 8 N–H and O–H groups in total. The van der Waals surface area contributed by atoms with Crippen LogP contribution in [0.3, 0.4) is 0 Å². The van der Waals surface area contributed by atoms with Crippen molar-refractivity contribution in [1.82, 2.24) is 16.0 Å². The molecule has 0 bridgehead atoms. The van der Waals surface area contributed by atoms with Crippen molar-refractivity contribution < 1.29 is 39.3 Å². The number of nitrogens with two attached hydrogens (primary N) is 1. The van der Waals surface area contributed by atoms with Crippen LogP contribution in [0.1, 0.15) is 39.5 Å². The van der Waals surface area contributed by atoms with Gasteiger partial charge in [0.15, 0.2) is 0 Å². The summed E-state index contributed by atoms with van der Waals surface area (Å²) in [6.07, 6.45) is 1.90. The topological polar surface area (TPSA) is 208 Å². The van der Waals surface area contributed by atoms with E-state index in [0.29, 0.717) is 12.2 Å². The van der Waals surface area contributed by atoms with Crippen molar-refractivity contribution in [3.63, 3.8) is 0 Å². The van der Waals surface area contributed by atoms with Gasteiger partial charge < -0.3 is 37.0 Å². The zero-order valence-electron chi connectivity index (χ0n) is 18.5. The van der Waals surface area contributed by atoms with Crippen LogP contribution in [-0.4, -0.2) is 87.8 Å². The Morgan fingerprint density at radius 2 is 1.41 bits per heavy atom. The van der Waals surface area contributed by atoms with Gasteiger partial charge in [-0.25, -0.2) is 4.79 Å². The van der Waals surface area contributed by atoms with E-state index in [1.54, 1.807) is 6.92 Å². The van der Waals surface area contributed by atoms with Gasteiger partial charge in [-0.2, -0.15) is 11.8 Å². The molecule has 0 saturated carbocycles. The van der Waals surface area contributed by atoms with E-state index < -0.39 is 66.9 Å². The molecule has 3 amide bonds. The smallest absolute Gasteiger partial charge is 0.328 e. The first-order valence-corrected chi connectivity index (χ1v) is 11.6. The molecule has 5 unspecified atom stereocenters. The van der Waals surface area contributed by atoms with Crippen LogP contribution in [0.5, 0.6) is 0 Å². The molecule has 0 aromatic rings. The van der Waals surface area contributed by atoms with Crippen LogP contribution in [0.15, 0.2) is 0 Å². The van der Waals surface area contributed by atoms with E-state index >= 15 is 0 Å². The highest BCUT2D eigenvalue weighted by molar-refractivity contribution is 7.98. The minimum Gasteiger partial charge on any atom is -0.481 e. The third-order valence-electron chi connectivity index (χ3n) is 4.88. The van der Waals surface area contributed by atoms with Crippen molar-refractivity contribution in [2.45, 2.75) is 63.7 Å². The fourth-order valence-electron chi connectivity index (χ4n) is 2.55. The fourth-order valence-corrected chi connectivity index (χ4v) is 3.02. The van der Waals surface area contributed by atoms with Gasteiger partial charge in [-0.15, -0.1) is 0 Å². The maximum atomic E-state index is 12.8. The van der Waals surface area contributed by atoms with Crippen molar-refractivity contribution in [3.8, 4) is 0 Å². The van der Waals surface area contributed by atoms with Gasteiger partial charge in [-0.05, 0) is 30.8 Å². The molecular formula is C19H34N4O8S.